The van der Waals surface area contributed by atoms with Crippen molar-refractivity contribution in [2.24, 2.45) is 10.9 Å². The fraction of sp³-hybridized carbons (Fsp3) is 0.655. The lowest BCUT2D eigenvalue weighted by Gasteiger charge is -2.40. The van der Waals surface area contributed by atoms with E-state index in [1.165, 1.54) is 6.08 Å². The zero-order valence-corrected chi connectivity index (χ0v) is 25.0. The van der Waals surface area contributed by atoms with Crippen LogP contribution in [0, 0.1) is 5.92 Å². The van der Waals surface area contributed by atoms with E-state index in [1.807, 2.05) is 32.9 Å². The number of aliphatic imine (C=N–C) groups is 1. The van der Waals surface area contributed by atoms with Crippen LogP contribution in [0.3, 0.4) is 0 Å². The number of amides is 1. The summed E-state index contributed by atoms with van der Waals surface area (Å²) in [6.07, 6.45) is 10.3. The molecule has 1 saturated heterocycles. The van der Waals surface area contributed by atoms with Crippen LogP contribution in [0.15, 0.2) is 51.4 Å². The number of carbonyl (C=O) groups excluding carboxylic acids is 1. The maximum absolute atomic E-state index is 14.7. The standard InChI is InChI=1S/C29H49ClFN5O/c1-9-13-27(33-19-22(5)28(37)32-7)36-17-15-34-29(12-4,23(6)20-36)14-16-35(8)21-24(10-2)26(31)18-25(30)11-3/h9,13,18-19,23,34H,10-12,14-17,20-21H2,1-8H3,(H,32,37)/b13-9-,22-19+,25-18+,26-24-,33-27+. The highest BCUT2D eigenvalue weighted by molar-refractivity contribution is 6.29. The molecule has 6 nitrogen and oxygen atoms in total. The minimum Gasteiger partial charge on any atom is -0.355 e. The summed E-state index contributed by atoms with van der Waals surface area (Å²) in [7, 11) is 3.68. The molecule has 8 heteroatoms. The number of halogens is 2. The van der Waals surface area contributed by atoms with E-state index in [9.17, 15) is 9.18 Å². The number of hydrogen-bond acceptors (Lipinski definition) is 4. The highest BCUT2D eigenvalue weighted by Crippen LogP contribution is 2.29. The van der Waals surface area contributed by atoms with Crippen LogP contribution >= 0.6 is 11.6 Å². The second kappa shape index (κ2) is 16.8. The van der Waals surface area contributed by atoms with Gasteiger partial charge in [0.15, 0.2) is 0 Å². The molecule has 2 unspecified atom stereocenters. The lowest BCUT2D eigenvalue weighted by molar-refractivity contribution is -0.117. The number of amidine groups is 1. The SMILES string of the molecule is C\C=C/C(=N\C=C(/C)C(=O)NC)N1CCNC(CC)(CCN(C)C/C(CC)=C(F)/C=C(/Cl)CC)C(C)C1. The summed E-state index contributed by atoms with van der Waals surface area (Å²) in [5.41, 5.74) is 1.32. The molecule has 1 aliphatic heterocycles. The van der Waals surface area contributed by atoms with Gasteiger partial charge in [0, 0.05) is 55.6 Å². The predicted molar refractivity (Wildman–Crippen MR) is 157 cm³/mol. The van der Waals surface area contributed by atoms with Crippen LogP contribution in [-0.4, -0.2) is 73.9 Å². The molecule has 1 fully saturated rings. The van der Waals surface area contributed by atoms with Gasteiger partial charge in [0.2, 0.25) is 5.91 Å². The van der Waals surface area contributed by atoms with Crippen LogP contribution in [0.1, 0.15) is 67.2 Å². The number of hydrogen-bond donors (Lipinski definition) is 2. The lowest BCUT2D eigenvalue weighted by atomic mass is 9.79. The minimum absolute atomic E-state index is 0.0298. The minimum atomic E-state index is -0.209. The van der Waals surface area contributed by atoms with E-state index in [4.69, 9.17) is 11.6 Å². The van der Waals surface area contributed by atoms with Gasteiger partial charge in [-0.2, -0.15) is 0 Å². The van der Waals surface area contributed by atoms with E-state index >= 15 is 0 Å². The van der Waals surface area contributed by atoms with Gasteiger partial charge in [-0.1, -0.05) is 45.4 Å². The fourth-order valence-electron chi connectivity index (χ4n) is 4.69. The fourth-order valence-corrected chi connectivity index (χ4v) is 4.79. The summed E-state index contributed by atoms with van der Waals surface area (Å²) >= 11 is 6.07. The zero-order valence-electron chi connectivity index (χ0n) is 24.3. The summed E-state index contributed by atoms with van der Waals surface area (Å²) in [5.74, 6) is 0.876. The first-order valence-electron chi connectivity index (χ1n) is 13.6. The zero-order chi connectivity index (χ0) is 28.0. The molecule has 0 spiro atoms. The Labute approximate surface area is 229 Å². The van der Waals surface area contributed by atoms with Gasteiger partial charge >= 0.3 is 0 Å². The number of likely N-dealkylation sites (N-methyl/N-ethyl adjacent to an activating group) is 2. The average Bonchev–Trinajstić information content (AvgIpc) is 3.06. The predicted octanol–water partition coefficient (Wildman–Crippen LogP) is 5.79. The molecule has 1 amide bonds. The van der Waals surface area contributed by atoms with Crippen molar-refractivity contribution in [1.29, 1.82) is 0 Å². The van der Waals surface area contributed by atoms with Gasteiger partial charge in [-0.15, -0.1) is 0 Å². The molecule has 37 heavy (non-hydrogen) atoms. The van der Waals surface area contributed by atoms with E-state index < -0.39 is 0 Å². The molecule has 0 aromatic carbocycles. The first-order valence-corrected chi connectivity index (χ1v) is 14.0. The van der Waals surface area contributed by atoms with Crippen molar-refractivity contribution < 1.29 is 9.18 Å². The van der Waals surface area contributed by atoms with Gasteiger partial charge in [0.1, 0.15) is 11.7 Å². The van der Waals surface area contributed by atoms with E-state index in [-0.39, 0.29) is 17.3 Å². The van der Waals surface area contributed by atoms with Crippen LogP contribution < -0.4 is 10.6 Å². The molecule has 0 aromatic heterocycles. The molecule has 0 radical (unpaired) electrons. The van der Waals surface area contributed by atoms with Gasteiger partial charge < -0.3 is 20.4 Å². The first kappa shape index (κ1) is 33.1. The van der Waals surface area contributed by atoms with Crippen molar-refractivity contribution in [2.75, 3.05) is 46.8 Å². The summed E-state index contributed by atoms with van der Waals surface area (Å²) in [5, 5.41) is 7.03. The Morgan fingerprint density at radius 2 is 2.03 bits per heavy atom. The molecule has 1 heterocycles. The molecule has 0 aromatic rings. The third kappa shape index (κ3) is 10.4. The van der Waals surface area contributed by atoms with Gasteiger partial charge in [0.05, 0.1) is 0 Å². The van der Waals surface area contributed by atoms with Crippen molar-refractivity contribution in [3.8, 4) is 0 Å². The smallest absolute Gasteiger partial charge is 0.248 e. The van der Waals surface area contributed by atoms with Crippen molar-refractivity contribution in [2.45, 2.75) is 72.8 Å². The lowest BCUT2D eigenvalue weighted by Crippen LogP contribution is -2.52. The topological polar surface area (TPSA) is 60.0 Å². The van der Waals surface area contributed by atoms with E-state index in [0.717, 1.165) is 50.4 Å². The Hall–Kier alpha value is -1.96. The summed E-state index contributed by atoms with van der Waals surface area (Å²) in [6, 6.07) is 0. The highest BCUT2D eigenvalue weighted by Gasteiger charge is 2.37. The number of nitrogens with one attached hydrogen (secondary N) is 2. The van der Waals surface area contributed by atoms with Crippen molar-refractivity contribution >= 4 is 23.3 Å². The third-order valence-electron chi connectivity index (χ3n) is 7.33. The summed E-state index contributed by atoms with van der Waals surface area (Å²) < 4.78 is 14.7. The number of rotatable bonds is 12. The molecule has 0 bridgehead atoms. The van der Waals surface area contributed by atoms with Crippen LogP contribution in [0.4, 0.5) is 4.39 Å². The normalized spacial score (nSPS) is 22.9. The van der Waals surface area contributed by atoms with Gasteiger partial charge in [0.25, 0.3) is 0 Å². The summed E-state index contributed by atoms with van der Waals surface area (Å²) in [6.45, 7) is 16.2. The Balaban J connectivity index is 3.00. The van der Waals surface area contributed by atoms with Gasteiger partial charge in [-0.05, 0) is 76.8 Å². The van der Waals surface area contributed by atoms with Crippen molar-refractivity contribution in [3.05, 3.63) is 46.4 Å². The Morgan fingerprint density at radius 1 is 1.32 bits per heavy atom. The van der Waals surface area contributed by atoms with Crippen LogP contribution in [0.5, 0.6) is 0 Å². The number of carbonyl (C=O) groups is 1. The Bertz CT molecular complexity index is 895. The van der Waals surface area contributed by atoms with Gasteiger partial charge in [-0.3, -0.25) is 4.79 Å². The van der Waals surface area contributed by atoms with Crippen molar-refractivity contribution in [3.63, 3.8) is 0 Å². The largest absolute Gasteiger partial charge is 0.355 e. The molecule has 2 N–H and O–H groups in total. The first-order chi connectivity index (χ1) is 17.6. The number of allylic oxidation sites excluding steroid dienone is 4. The molecule has 2 atom stereocenters. The van der Waals surface area contributed by atoms with Crippen LogP contribution in [-0.2, 0) is 4.79 Å². The molecule has 1 rings (SSSR count). The van der Waals surface area contributed by atoms with E-state index in [1.54, 1.807) is 20.2 Å². The maximum Gasteiger partial charge on any atom is 0.248 e. The van der Waals surface area contributed by atoms with E-state index in [2.05, 4.69) is 46.3 Å². The molecular weight excluding hydrogens is 489 g/mol. The Morgan fingerprint density at radius 3 is 2.59 bits per heavy atom. The molecular formula is C29H49ClFN5O. The monoisotopic (exact) mass is 537 g/mol. The number of nitrogens with zero attached hydrogens (tertiary/aromatic N) is 3. The quantitative estimate of drug-likeness (QED) is 0.143. The van der Waals surface area contributed by atoms with E-state index in [0.29, 0.717) is 35.9 Å². The molecule has 1 aliphatic rings. The van der Waals surface area contributed by atoms with Crippen LogP contribution in [0.25, 0.3) is 0 Å². The highest BCUT2D eigenvalue weighted by atomic mass is 35.5. The third-order valence-corrected chi connectivity index (χ3v) is 7.71. The molecule has 210 valence electrons. The maximum atomic E-state index is 14.7. The second-order valence-corrected chi connectivity index (χ2v) is 10.4. The van der Waals surface area contributed by atoms with Crippen molar-refractivity contribution in [1.82, 2.24) is 20.4 Å². The summed E-state index contributed by atoms with van der Waals surface area (Å²) in [4.78, 5) is 21.0. The van der Waals surface area contributed by atoms with Gasteiger partial charge in [-0.25, -0.2) is 9.38 Å². The molecule has 0 saturated carbocycles. The van der Waals surface area contributed by atoms with Crippen LogP contribution in [0.2, 0.25) is 0 Å². The second-order valence-electron chi connectivity index (χ2n) is 9.90. The average molecular weight is 538 g/mol. The molecule has 0 aliphatic carbocycles. The Kier molecular flexibility index (Phi) is 15.0.